The molecule has 0 aliphatic heterocycles. The second-order valence-electron chi connectivity index (χ2n) is 5.56. The predicted molar refractivity (Wildman–Crippen MR) is 79.6 cm³/mol. The lowest BCUT2D eigenvalue weighted by Gasteiger charge is -2.07. The Balaban J connectivity index is 1.85. The largest absolute Gasteiger partial charge is 0.291 e. The van der Waals surface area contributed by atoms with Crippen LogP contribution in [0.1, 0.15) is 40.5 Å². The number of fused-ring (bicyclic) bond motifs is 1. The van der Waals surface area contributed by atoms with Gasteiger partial charge < -0.3 is 0 Å². The van der Waals surface area contributed by atoms with Gasteiger partial charge in [-0.05, 0) is 25.8 Å². The van der Waals surface area contributed by atoms with E-state index in [0.29, 0.717) is 17.4 Å². The summed E-state index contributed by atoms with van der Waals surface area (Å²) >= 11 is 0. The molecule has 0 atom stereocenters. The van der Waals surface area contributed by atoms with Crippen molar-refractivity contribution in [3.63, 3.8) is 0 Å². The number of aryl methyl sites for hydroxylation is 2. The highest BCUT2D eigenvalue weighted by atomic mass is 16.1. The van der Waals surface area contributed by atoms with E-state index in [-0.39, 0.29) is 5.91 Å². The van der Waals surface area contributed by atoms with Crippen molar-refractivity contribution in [1.29, 1.82) is 0 Å². The van der Waals surface area contributed by atoms with Gasteiger partial charge in [0.05, 0.1) is 16.6 Å². The first-order valence-corrected chi connectivity index (χ1v) is 7.14. The van der Waals surface area contributed by atoms with Gasteiger partial charge in [0, 0.05) is 18.7 Å². The molecule has 2 N–H and O–H groups in total. The number of nitrogens with one attached hydrogen (secondary N) is 2. The number of hydrogen-bond acceptors (Lipinski definition) is 5. The van der Waals surface area contributed by atoms with E-state index in [9.17, 15) is 4.79 Å². The number of carbonyl (C=O) groups excluding carboxylic acids is 1. The maximum Gasteiger partial charge on any atom is 0.258 e. The zero-order chi connectivity index (χ0) is 15.3. The van der Waals surface area contributed by atoms with Crippen molar-refractivity contribution in [1.82, 2.24) is 29.9 Å². The van der Waals surface area contributed by atoms with Crippen LogP contribution < -0.4 is 5.32 Å². The fourth-order valence-electron chi connectivity index (χ4n) is 2.67. The number of H-pyrrole nitrogens is 1. The molecule has 0 radical (unpaired) electrons. The Kier molecular flexibility index (Phi) is 2.72. The van der Waals surface area contributed by atoms with Crippen molar-refractivity contribution in [3.05, 3.63) is 29.3 Å². The lowest BCUT2D eigenvalue weighted by molar-refractivity contribution is 0.102. The minimum atomic E-state index is -0.234. The van der Waals surface area contributed by atoms with Crippen molar-refractivity contribution < 1.29 is 4.79 Å². The Morgan fingerprint density at radius 1 is 1.45 bits per heavy atom. The number of aromatic nitrogens is 6. The first-order chi connectivity index (χ1) is 10.6. The Bertz CT molecular complexity index is 861. The summed E-state index contributed by atoms with van der Waals surface area (Å²) in [4.78, 5) is 21.2. The van der Waals surface area contributed by atoms with Crippen LogP contribution in [0.3, 0.4) is 0 Å². The zero-order valence-electron chi connectivity index (χ0n) is 12.3. The van der Waals surface area contributed by atoms with Gasteiger partial charge in [-0.15, -0.1) is 0 Å². The molecule has 3 heterocycles. The Labute approximate surface area is 126 Å². The van der Waals surface area contributed by atoms with Crippen LogP contribution in [0.15, 0.2) is 12.4 Å². The minimum absolute atomic E-state index is 0.234. The fourth-order valence-corrected chi connectivity index (χ4v) is 2.67. The summed E-state index contributed by atoms with van der Waals surface area (Å²) in [6.45, 7) is 1.88. The van der Waals surface area contributed by atoms with Gasteiger partial charge in [-0.3, -0.25) is 14.8 Å². The number of rotatable bonds is 3. The van der Waals surface area contributed by atoms with Gasteiger partial charge in [-0.25, -0.2) is 10.1 Å². The molecule has 4 rings (SSSR count). The molecule has 8 nitrogen and oxygen atoms in total. The molecule has 3 aromatic rings. The molecule has 0 saturated heterocycles. The molecule has 22 heavy (non-hydrogen) atoms. The molecule has 0 spiro atoms. The standard InChI is InChI=1S/C14H15N7O/c1-7-11-9(13(22)18-14-15-6-16-19-14)5-10(8-3-4-8)17-12(11)21(2)20-7/h5-6,8H,3-4H2,1-2H3,(H2,15,16,18,19,22). The van der Waals surface area contributed by atoms with Crippen LogP contribution >= 0.6 is 0 Å². The highest BCUT2D eigenvalue weighted by Crippen LogP contribution is 2.40. The lowest BCUT2D eigenvalue weighted by Crippen LogP contribution is -2.14. The zero-order valence-corrected chi connectivity index (χ0v) is 12.3. The molecule has 1 aliphatic rings. The molecule has 0 aromatic carbocycles. The predicted octanol–water partition coefficient (Wildman–Crippen LogP) is 1.52. The first kappa shape index (κ1) is 12.9. The van der Waals surface area contributed by atoms with Crippen LogP contribution in [-0.4, -0.2) is 35.9 Å². The van der Waals surface area contributed by atoms with Gasteiger partial charge in [-0.2, -0.15) is 15.2 Å². The third-order valence-electron chi connectivity index (χ3n) is 3.88. The van der Waals surface area contributed by atoms with E-state index in [2.05, 4.69) is 30.6 Å². The van der Waals surface area contributed by atoms with E-state index in [4.69, 9.17) is 0 Å². The number of carbonyl (C=O) groups is 1. The van der Waals surface area contributed by atoms with Crippen molar-refractivity contribution in [2.24, 2.45) is 7.05 Å². The smallest absolute Gasteiger partial charge is 0.258 e. The maximum absolute atomic E-state index is 12.6. The third kappa shape index (κ3) is 2.03. The molecule has 3 aromatic heterocycles. The number of nitrogens with zero attached hydrogens (tertiary/aromatic N) is 5. The highest BCUT2D eigenvalue weighted by Gasteiger charge is 2.28. The Morgan fingerprint density at radius 2 is 2.27 bits per heavy atom. The van der Waals surface area contributed by atoms with E-state index in [1.807, 2.05) is 20.0 Å². The molecule has 1 fully saturated rings. The summed E-state index contributed by atoms with van der Waals surface area (Å²) in [5.74, 6) is 0.545. The van der Waals surface area contributed by atoms with Crippen LogP contribution in [0, 0.1) is 6.92 Å². The second-order valence-corrected chi connectivity index (χ2v) is 5.56. The van der Waals surface area contributed by atoms with E-state index >= 15 is 0 Å². The van der Waals surface area contributed by atoms with Gasteiger partial charge in [0.25, 0.3) is 5.91 Å². The third-order valence-corrected chi connectivity index (χ3v) is 3.88. The highest BCUT2D eigenvalue weighted by molar-refractivity contribution is 6.12. The van der Waals surface area contributed by atoms with Crippen LogP contribution in [0.2, 0.25) is 0 Å². The van der Waals surface area contributed by atoms with Gasteiger partial charge in [0.1, 0.15) is 6.33 Å². The molecule has 1 aliphatic carbocycles. The normalized spacial score (nSPS) is 14.5. The molecule has 8 heteroatoms. The van der Waals surface area contributed by atoms with Crippen LogP contribution in [0.4, 0.5) is 5.95 Å². The van der Waals surface area contributed by atoms with E-state index in [1.54, 1.807) is 4.68 Å². The molecular formula is C14H15N7O. The minimum Gasteiger partial charge on any atom is -0.291 e. The summed E-state index contributed by atoms with van der Waals surface area (Å²) in [6, 6.07) is 1.88. The molecule has 112 valence electrons. The van der Waals surface area contributed by atoms with Crippen molar-refractivity contribution in [2.45, 2.75) is 25.7 Å². The van der Waals surface area contributed by atoms with E-state index in [0.717, 1.165) is 35.3 Å². The SMILES string of the molecule is Cc1nn(C)c2nc(C3CC3)cc(C(=O)Nc3ncn[nH]3)c12. The summed E-state index contributed by atoms with van der Waals surface area (Å²) in [5, 5.41) is 14.2. The Morgan fingerprint density at radius 3 is 2.95 bits per heavy atom. The lowest BCUT2D eigenvalue weighted by atomic mass is 10.1. The van der Waals surface area contributed by atoms with Gasteiger partial charge >= 0.3 is 0 Å². The molecule has 0 bridgehead atoms. The average molecular weight is 297 g/mol. The second kappa shape index (κ2) is 4.62. The molecule has 1 saturated carbocycles. The molecule has 1 amide bonds. The monoisotopic (exact) mass is 297 g/mol. The summed E-state index contributed by atoms with van der Waals surface area (Å²) in [6.07, 6.45) is 3.60. The van der Waals surface area contributed by atoms with E-state index in [1.165, 1.54) is 6.33 Å². The van der Waals surface area contributed by atoms with Crippen LogP contribution in [0.5, 0.6) is 0 Å². The number of anilines is 1. The number of hydrogen-bond donors (Lipinski definition) is 2. The first-order valence-electron chi connectivity index (χ1n) is 7.14. The topological polar surface area (TPSA) is 101 Å². The Hall–Kier alpha value is -2.77. The number of aromatic amines is 1. The van der Waals surface area contributed by atoms with Crippen LogP contribution in [0.25, 0.3) is 11.0 Å². The van der Waals surface area contributed by atoms with Gasteiger partial charge in [0.15, 0.2) is 5.65 Å². The molecule has 0 unspecified atom stereocenters. The van der Waals surface area contributed by atoms with Crippen molar-refractivity contribution in [2.75, 3.05) is 5.32 Å². The van der Waals surface area contributed by atoms with Crippen LogP contribution in [-0.2, 0) is 7.05 Å². The summed E-state index contributed by atoms with van der Waals surface area (Å²) in [7, 11) is 1.84. The van der Waals surface area contributed by atoms with Crippen molar-refractivity contribution in [3.8, 4) is 0 Å². The number of amides is 1. The summed E-state index contributed by atoms with van der Waals surface area (Å²) < 4.78 is 1.72. The van der Waals surface area contributed by atoms with E-state index < -0.39 is 0 Å². The average Bonchev–Trinajstić information content (AvgIpc) is 3.16. The summed E-state index contributed by atoms with van der Waals surface area (Å²) in [5.41, 5.74) is 3.06. The number of pyridine rings is 1. The maximum atomic E-state index is 12.6. The quantitative estimate of drug-likeness (QED) is 0.763. The van der Waals surface area contributed by atoms with Gasteiger partial charge in [0.2, 0.25) is 5.95 Å². The van der Waals surface area contributed by atoms with Gasteiger partial charge in [-0.1, -0.05) is 0 Å². The fraction of sp³-hybridized carbons (Fsp3) is 0.357. The molecular weight excluding hydrogens is 282 g/mol. The van der Waals surface area contributed by atoms with Crippen molar-refractivity contribution >= 4 is 22.9 Å².